The summed E-state index contributed by atoms with van der Waals surface area (Å²) in [4.78, 5) is 12.7. The highest BCUT2D eigenvalue weighted by Gasteiger charge is 2.20. The molecule has 0 aliphatic rings. The number of allylic oxidation sites excluding steroid dienone is 1. The van der Waals surface area contributed by atoms with Crippen LogP contribution in [0.15, 0.2) is 71.4 Å². The number of nitrogens with one attached hydrogen (secondary N) is 1. The number of aryl methyl sites for hydroxylation is 1. The molecule has 1 N–H and O–H groups in total. The van der Waals surface area contributed by atoms with Gasteiger partial charge in [-0.25, -0.2) is 4.39 Å². The molecule has 3 aromatic carbocycles. The van der Waals surface area contributed by atoms with Gasteiger partial charge >= 0.3 is 0 Å². The standard InChI is InChI=1S/C28H26FNO4/c1-5-33-27-18(3)28-23(24(16-34-28)21-8-6-7-9-25(21)32-4)15-22(27)17(2)14-26(31)30-20-12-10-19(29)11-13-20/h6-16H,5H2,1-4H3,(H,30,31)/b17-14+. The molecule has 6 heteroatoms. The Hall–Kier alpha value is -4.06. The van der Waals surface area contributed by atoms with E-state index in [9.17, 15) is 9.18 Å². The molecule has 0 fully saturated rings. The molecule has 0 radical (unpaired) electrons. The smallest absolute Gasteiger partial charge is 0.248 e. The van der Waals surface area contributed by atoms with Gasteiger partial charge in [0, 0.05) is 39.4 Å². The Kier molecular flexibility index (Phi) is 6.68. The van der Waals surface area contributed by atoms with Gasteiger partial charge in [-0.3, -0.25) is 4.79 Å². The van der Waals surface area contributed by atoms with E-state index in [0.29, 0.717) is 18.0 Å². The van der Waals surface area contributed by atoms with E-state index in [4.69, 9.17) is 13.9 Å². The van der Waals surface area contributed by atoms with E-state index in [1.807, 2.05) is 51.1 Å². The zero-order valence-corrected chi connectivity index (χ0v) is 19.6. The molecule has 4 aromatic rings. The second-order valence-corrected chi connectivity index (χ2v) is 7.86. The first-order valence-electron chi connectivity index (χ1n) is 11.0. The lowest BCUT2D eigenvalue weighted by Crippen LogP contribution is -2.09. The Balaban J connectivity index is 1.80. The van der Waals surface area contributed by atoms with E-state index >= 15 is 0 Å². The third-order valence-corrected chi connectivity index (χ3v) is 5.61. The highest BCUT2D eigenvalue weighted by molar-refractivity contribution is 6.06. The predicted molar refractivity (Wildman–Crippen MR) is 133 cm³/mol. The molecule has 174 valence electrons. The number of halogens is 1. The molecule has 0 spiro atoms. The number of ether oxygens (including phenoxy) is 2. The maximum Gasteiger partial charge on any atom is 0.248 e. The molecular formula is C28H26FNO4. The van der Waals surface area contributed by atoms with E-state index in [-0.39, 0.29) is 11.7 Å². The number of hydrogen-bond donors (Lipinski definition) is 1. The Morgan fingerprint density at radius 3 is 2.56 bits per heavy atom. The first-order valence-corrected chi connectivity index (χ1v) is 11.0. The largest absolute Gasteiger partial charge is 0.496 e. The molecule has 0 bridgehead atoms. The number of carbonyl (C=O) groups excluding carboxylic acids is 1. The van der Waals surface area contributed by atoms with Gasteiger partial charge in [0.1, 0.15) is 22.9 Å². The molecule has 4 rings (SSSR count). The number of para-hydroxylation sites is 1. The Labute approximate surface area is 197 Å². The number of hydrogen-bond acceptors (Lipinski definition) is 4. The molecule has 0 unspecified atom stereocenters. The number of furan rings is 1. The van der Waals surface area contributed by atoms with Crippen molar-refractivity contribution in [2.24, 2.45) is 0 Å². The summed E-state index contributed by atoms with van der Waals surface area (Å²) in [7, 11) is 1.64. The minimum absolute atomic E-state index is 0.318. The lowest BCUT2D eigenvalue weighted by Gasteiger charge is -2.15. The summed E-state index contributed by atoms with van der Waals surface area (Å²) in [5, 5.41) is 3.66. The summed E-state index contributed by atoms with van der Waals surface area (Å²) >= 11 is 0. The minimum atomic E-state index is -0.360. The highest BCUT2D eigenvalue weighted by atomic mass is 19.1. The van der Waals surface area contributed by atoms with E-state index in [0.717, 1.165) is 44.5 Å². The molecule has 0 atom stereocenters. The maximum absolute atomic E-state index is 13.2. The molecule has 1 aromatic heterocycles. The van der Waals surface area contributed by atoms with E-state index in [1.165, 1.54) is 30.3 Å². The fourth-order valence-electron chi connectivity index (χ4n) is 4.00. The van der Waals surface area contributed by atoms with Crippen molar-refractivity contribution in [2.75, 3.05) is 19.0 Å². The van der Waals surface area contributed by atoms with Gasteiger partial charge in [-0.1, -0.05) is 18.2 Å². The number of rotatable bonds is 7. The summed E-state index contributed by atoms with van der Waals surface area (Å²) in [6.45, 7) is 6.18. The summed E-state index contributed by atoms with van der Waals surface area (Å²) in [5.41, 5.74) is 5.40. The summed E-state index contributed by atoms with van der Waals surface area (Å²) in [6.07, 6.45) is 3.23. The van der Waals surface area contributed by atoms with Crippen molar-refractivity contribution < 1.29 is 23.1 Å². The van der Waals surface area contributed by atoms with Gasteiger partial charge in [0.05, 0.1) is 20.0 Å². The van der Waals surface area contributed by atoms with Crippen molar-refractivity contribution in [1.29, 1.82) is 0 Å². The van der Waals surface area contributed by atoms with Crippen LogP contribution in [0.2, 0.25) is 0 Å². The van der Waals surface area contributed by atoms with Crippen LogP contribution in [-0.4, -0.2) is 19.6 Å². The first kappa shape index (κ1) is 23.1. The molecule has 1 heterocycles. The molecule has 1 amide bonds. The SMILES string of the molecule is CCOc1c(/C(C)=C/C(=O)Nc2ccc(F)cc2)cc2c(-c3ccccc3OC)coc2c1C. The van der Waals surface area contributed by atoms with Crippen molar-refractivity contribution >= 4 is 28.1 Å². The van der Waals surface area contributed by atoms with Gasteiger partial charge in [0.15, 0.2) is 0 Å². The van der Waals surface area contributed by atoms with Crippen LogP contribution >= 0.6 is 0 Å². The molecular weight excluding hydrogens is 433 g/mol. The van der Waals surface area contributed by atoms with Crippen molar-refractivity contribution in [2.45, 2.75) is 20.8 Å². The lowest BCUT2D eigenvalue weighted by molar-refractivity contribution is -0.111. The van der Waals surface area contributed by atoms with Crippen LogP contribution < -0.4 is 14.8 Å². The van der Waals surface area contributed by atoms with Crippen molar-refractivity contribution in [3.63, 3.8) is 0 Å². The molecule has 0 saturated heterocycles. The fraction of sp³-hybridized carbons (Fsp3) is 0.179. The molecule has 5 nitrogen and oxygen atoms in total. The van der Waals surface area contributed by atoms with Gasteiger partial charge in [0.25, 0.3) is 0 Å². The summed E-state index contributed by atoms with van der Waals surface area (Å²) in [6, 6.07) is 15.4. The zero-order chi connectivity index (χ0) is 24.2. The lowest BCUT2D eigenvalue weighted by atomic mass is 9.96. The van der Waals surface area contributed by atoms with Gasteiger partial charge in [-0.2, -0.15) is 0 Å². The van der Waals surface area contributed by atoms with E-state index in [1.54, 1.807) is 13.4 Å². The first-order chi connectivity index (χ1) is 16.4. The van der Waals surface area contributed by atoms with Crippen molar-refractivity contribution in [3.05, 3.63) is 83.9 Å². The number of carbonyl (C=O) groups is 1. The fourth-order valence-corrected chi connectivity index (χ4v) is 4.00. The number of anilines is 1. The van der Waals surface area contributed by atoms with Crippen molar-refractivity contribution in [1.82, 2.24) is 0 Å². The molecule has 34 heavy (non-hydrogen) atoms. The van der Waals surface area contributed by atoms with Crippen LogP contribution in [0.5, 0.6) is 11.5 Å². The van der Waals surface area contributed by atoms with Gasteiger partial charge in [-0.15, -0.1) is 0 Å². The monoisotopic (exact) mass is 459 g/mol. The zero-order valence-electron chi connectivity index (χ0n) is 19.6. The van der Waals surface area contributed by atoms with Crippen LogP contribution in [0, 0.1) is 12.7 Å². The number of fused-ring (bicyclic) bond motifs is 1. The second kappa shape index (κ2) is 9.83. The topological polar surface area (TPSA) is 60.7 Å². The Morgan fingerprint density at radius 1 is 1.12 bits per heavy atom. The molecule has 0 aliphatic carbocycles. The number of amides is 1. The quantitative estimate of drug-likeness (QED) is 0.302. The summed E-state index contributed by atoms with van der Waals surface area (Å²) < 4.78 is 30.6. The third-order valence-electron chi connectivity index (χ3n) is 5.61. The van der Waals surface area contributed by atoms with Crippen LogP contribution in [0.4, 0.5) is 10.1 Å². The van der Waals surface area contributed by atoms with Crippen LogP contribution in [0.1, 0.15) is 25.0 Å². The average molecular weight is 460 g/mol. The Morgan fingerprint density at radius 2 is 1.85 bits per heavy atom. The van der Waals surface area contributed by atoms with Gasteiger partial charge in [-0.05, 0) is 62.7 Å². The predicted octanol–water partition coefficient (Wildman–Crippen LogP) is 7.00. The van der Waals surface area contributed by atoms with Crippen LogP contribution in [0.3, 0.4) is 0 Å². The molecule has 0 saturated carbocycles. The minimum Gasteiger partial charge on any atom is -0.496 e. The van der Waals surface area contributed by atoms with Crippen molar-refractivity contribution in [3.8, 4) is 22.6 Å². The maximum atomic E-state index is 13.2. The Bertz CT molecular complexity index is 1370. The van der Waals surface area contributed by atoms with Gasteiger partial charge < -0.3 is 19.2 Å². The molecule has 0 aliphatic heterocycles. The average Bonchev–Trinajstić information content (AvgIpc) is 3.26. The van der Waals surface area contributed by atoms with Gasteiger partial charge in [0.2, 0.25) is 5.91 Å². The summed E-state index contributed by atoms with van der Waals surface area (Å²) in [5.74, 6) is 0.728. The third kappa shape index (κ3) is 4.53. The number of methoxy groups -OCH3 is 1. The number of benzene rings is 3. The van der Waals surface area contributed by atoms with Crippen LogP contribution in [-0.2, 0) is 4.79 Å². The van der Waals surface area contributed by atoms with E-state index < -0.39 is 0 Å². The second-order valence-electron chi connectivity index (χ2n) is 7.86. The highest BCUT2D eigenvalue weighted by Crippen LogP contribution is 2.42. The van der Waals surface area contributed by atoms with Crippen LogP contribution in [0.25, 0.3) is 27.7 Å². The van der Waals surface area contributed by atoms with E-state index in [2.05, 4.69) is 5.32 Å². The normalized spacial score (nSPS) is 11.5.